The zero-order valence-corrected chi connectivity index (χ0v) is 51.4. The van der Waals surface area contributed by atoms with Crippen molar-refractivity contribution < 1.29 is 5.11 Å². The van der Waals surface area contributed by atoms with Crippen molar-refractivity contribution in [2.24, 2.45) is 0 Å². The molecule has 0 saturated carbocycles. The Morgan fingerprint density at radius 3 is 0.288 bits per heavy atom. The summed E-state index contributed by atoms with van der Waals surface area (Å²) in [5.74, 6) is 0. The van der Waals surface area contributed by atoms with Gasteiger partial charge in [-0.2, -0.15) is 0 Å². The second-order valence-corrected chi connectivity index (χ2v) is 19.3. The average molecular weight is 946 g/mol. The van der Waals surface area contributed by atoms with Crippen molar-refractivity contribution in [3.63, 3.8) is 0 Å². The van der Waals surface area contributed by atoms with Crippen LogP contribution in [0.15, 0.2) is 0 Å². The normalized spacial score (nSPS) is 9.55. The smallest absolute Gasteiger partial charge is 0.0431 e. The minimum absolute atomic E-state index is 0.369. The van der Waals surface area contributed by atoms with Crippen LogP contribution in [-0.4, -0.2) is 11.7 Å². The van der Waals surface area contributed by atoms with Crippen molar-refractivity contribution in [2.45, 2.75) is 419 Å². The minimum atomic E-state index is 0.369. The number of aliphatic hydroxyl groups is 1. The average Bonchev–Trinajstić information content (AvgIpc) is 3.33. The molecular formula is C65H148O. The molecule has 0 aromatic rings. The summed E-state index contributed by atoms with van der Waals surface area (Å²) in [5, 5.41) is 8.47. The molecule has 0 aliphatic carbocycles. The highest BCUT2D eigenvalue weighted by molar-refractivity contribution is 4.44. The van der Waals surface area contributed by atoms with Gasteiger partial charge in [-0.15, -0.1) is 0 Å². The van der Waals surface area contributed by atoms with Crippen LogP contribution in [0.25, 0.3) is 0 Å². The van der Waals surface area contributed by atoms with Crippen LogP contribution < -0.4 is 0 Å². The third-order valence-electron chi connectivity index (χ3n) is 11.4. The summed E-state index contributed by atoms with van der Waals surface area (Å²) in [6.07, 6.45) is 65.0. The van der Waals surface area contributed by atoms with Crippen LogP contribution in [0.1, 0.15) is 419 Å². The fourth-order valence-corrected chi connectivity index (χ4v) is 6.48. The van der Waals surface area contributed by atoms with Crippen molar-refractivity contribution in [1.29, 1.82) is 0 Å². The summed E-state index contributed by atoms with van der Waals surface area (Å²) in [6.45, 7) is 38.5. The lowest BCUT2D eigenvalue weighted by molar-refractivity contribution is 0.282. The Morgan fingerprint density at radius 1 is 0.121 bits per heavy atom. The zero-order chi connectivity index (χ0) is 51.9. The number of unbranched alkanes of at least 4 members (excludes halogenated alkanes) is 38. The lowest BCUT2D eigenvalue weighted by Gasteiger charge is -1.97. The van der Waals surface area contributed by atoms with Gasteiger partial charge in [0.05, 0.1) is 0 Å². The SMILES string of the molecule is CCCCCCC.CCCCCCC.CCCCCCC.CCCCCCC.CCCCCCC.CCCCCCC.CCCCCCC.CCCCCCC.CCCCCCCCCO. The third kappa shape index (κ3) is 167. The van der Waals surface area contributed by atoms with Gasteiger partial charge in [0.2, 0.25) is 0 Å². The summed E-state index contributed by atoms with van der Waals surface area (Å²) in [5.41, 5.74) is 0. The van der Waals surface area contributed by atoms with Crippen LogP contribution in [0.5, 0.6) is 0 Å². The van der Waals surface area contributed by atoms with Crippen molar-refractivity contribution >= 4 is 0 Å². The standard InChI is InChI=1S/C9H20O.8C7H16/c1-2-3-4-5-6-7-8-9-10;8*1-3-5-7-6-4-2/h10H,2-9H2,1H3;8*3-7H2,1-2H3. The van der Waals surface area contributed by atoms with Crippen molar-refractivity contribution in [2.75, 3.05) is 6.61 Å². The first-order valence-electron chi connectivity index (χ1n) is 31.8. The first-order valence-corrected chi connectivity index (χ1v) is 31.8. The van der Waals surface area contributed by atoms with Crippen LogP contribution in [0.4, 0.5) is 0 Å². The minimum Gasteiger partial charge on any atom is -0.396 e. The van der Waals surface area contributed by atoms with Gasteiger partial charge < -0.3 is 5.11 Å². The maximum Gasteiger partial charge on any atom is 0.0431 e. The lowest BCUT2D eigenvalue weighted by atomic mass is 10.1. The Balaban J connectivity index is -0.0000000793. The first-order chi connectivity index (χ1) is 32.2. The maximum absolute atomic E-state index is 8.47. The quantitative estimate of drug-likeness (QED) is 0.0609. The molecule has 0 amide bonds. The molecule has 0 fully saturated rings. The Kier molecular flexibility index (Phi) is 150. The Bertz CT molecular complexity index is 384. The van der Waals surface area contributed by atoms with Gasteiger partial charge in [-0.25, -0.2) is 0 Å². The highest BCUT2D eigenvalue weighted by Gasteiger charge is 1.89. The van der Waals surface area contributed by atoms with E-state index >= 15 is 0 Å². The van der Waals surface area contributed by atoms with Crippen LogP contribution in [0.3, 0.4) is 0 Å². The first kappa shape index (κ1) is 85.8. The molecule has 0 bridgehead atoms. The molecule has 1 heteroatoms. The molecule has 1 nitrogen and oxygen atoms in total. The van der Waals surface area contributed by atoms with Gasteiger partial charge >= 0.3 is 0 Å². The molecule has 0 aromatic carbocycles. The fraction of sp³-hybridized carbons (Fsp3) is 1.00. The van der Waals surface area contributed by atoms with Crippen molar-refractivity contribution in [3.8, 4) is 0 Å². The number of hydrogen-bond donors (Lipinski definition) is 1. The van der Waals surface area contributed by atoms with Gasteiger partial charge in [0.15, 0.2) is 0 Å². The monoisotopic (exact) mass is 945 g/mol. The number of hydrogen-bond acceptors (Lipinski definition) is 1. The molecule has 0 rings (SSSR count). The lowest BCUT2D eigenvalue weighted by Crippen LogP contribution is -1.83. The second-order valence-electron chi connectivity index (χ2n) is 19.3. The van der Waals surface area contributed by atoms with E-state index in [2.05, 4.69) is 118 Å². The Morgan fingerprint density at radius 2 is 0.197 bits per heavy atom. The molecule has 66 heavy (non-hydrogen) atoms. The molecule has 0 aliphatic heterocycles. The summed E-state index contributed by atoms with van der Waals surface area (Å²) in [7, 11) is 0. The highest BCUT2D eigenvalue weighted by atomic mass is 16.2. The van der Waals surface area contributed by atoms with E-state index in [0.717, 1.165) is 6.42 Å². The van der Waals surface area contributed by atoms with Gasteiger partial charge in [-0.3, -0.25) is 0 Å². The summed E-state index contributed by atoms with van der Waals surface area (Å²) in [6, 6.07) is 0. The van der Waals surface area contributed by atoms with Gasteiger partial charge in [-0.1, -0.05) is 413 Å². The van der Waals surface area contributed by atoms with Gasteiger partial charge in [-0.05, 0) is 6.42 Å². The van der Waals surface area contributed by atoms with Gasteiger partial charge in [0.1, 0.15) is 0 Å². The zero-order valence-electron chi connectivity index (χ0n) is 51.4. The molecule has 0 spiro atoms. The van der Waals surface area contributed by atoms with E-state index in [1.165, 1.54) is 295 Å². The van der Waals surface area contributed by atoms with E-state index < -0.39 is 0 Å². The second kappa shape index (κ2) is 116. The Hall–Kier alpha value is -0.0400. The van der Waals surface area contributed by atoms with E-state index in [1.807, 2.05) is 0 Å². The van der Waals surface area contributed by atoms with Crippen LogP contribution in [-0.2, 0) is 0 Å². The molecule has 0 aromatic heterocycles. The summed E-state index contributed by atoms with van der Waals surface area (Å²) < 4.78 is 0. The third-order valence-corrected chi connectivity index (χ3v) is 11.4. The van der Waals surface area contributed by atoms with Crippen molar-refractivity contribution in [1.82, 2.24) is 0 Å². The van der Waals surface area contributed by atoms with E-state index in [9.17, 15) is 0 Å². The molecule has 0 aliphatic rings. The molecule has 0 saturated heterocycles. The van der Waals surface area contributed by atoms with E-state index in [4.69, 9.17) is 5.11 Å². The van der Waals surface area contributed by atoms with Crippen LogP contribution in [0.2, 0.25) is 0 Å². The molecule has 0 heterocycles. The largest absolute Gasteiger partial charge is 0.396 e. The van der Waals surface area contributed by atoms with Gasteiger partial charge in [0.25, 0.3) is 0 Å². The van der Waals surface area contributed by atoms with Crippen LogP contribution >= 0.6 is 0 Å². The fourth-order valence-electron chi connectivity index (χ4n) is 6.48. The summed E-state index contributed by atoms with van der Waals surface area (Å²) in [4.78, 5) is 0. The number of aliphatic hydroxyl groups excluding tert-OH is 1. The van der Waals surface area contributed by atoms with E-state index in [1.54, 1.807) is 0 Å². The number of rotatable bonds is 39. The Labute approximate surface area is 429 Å². The maximum atomic E-state index is 8.47. The predicted octanol–water partition coefficient (Wildman–Crippen LogP) is 26.5. The van der Waals surface area contributed by atoms with Crippen LogP contribution in [0, 0.1) is 0 Å². The van der Waals surface area contributed by atoms with Crippen molar-refractivity contribution in [3.05, 3.63) is 0 Å². The van der Waals surface area contributed by atoms with E-state index in [-0.39, 0.29) is 0 Å². The predicted molar refractivity (Wildman–Crippen MR) is 321 cm³/mol. The highest BCUT2D eigenvalue weighted by Crippen LogP contribution is 2.07. The molecule has 0 radical (unpaired) electrons. The molecule has 0 atom stereocenters. The van der Waals surface area contributed by atoms with E-state index in [0.29, 0.717) is 6.61 Å². The molecule has 1 N–H and O–H groups in total. The molecule has 0 unspecified atom stereocenters. The molecule has 414 valence electrons. The van der Waals surface area contributed by atoms with Gasteiger partial charge in [0, 0.05) is 6.61 Å². The summed E-state index contributed by atoms with van der Waals surface area (Å²) >= 11 is 0. The topological polar surface area (TPSA) is 20.2 Å². The molecular weight excluding hydrogens is 797 g/mol.